The van der Waals surface area contributed by atoms with E-state index in [-0.39, 0.29) is 12.0 Å². The van der Waals surface area contributed by atoms with Crippen molar-refractivity contribution < 1.29 is 19.1 Å². The van der Waals surface area contributed by atoms with Gasteiger partial charge in [0.1, 0.15) is 0 Å². The molecule has 0 fully saturated rings. The molecule has 1 aromatic rings. The number of hydrogen-bond donors (Lipinski definition) is 1. The van der Waals surface area contributed by atoms with E-state index in [9.17, 15) is 9.59 Å². The Morgan fingerprint density at radius 1 is 1.44 bits per heavy atom. The van der Waals surface area contributed by atoms with Crippen LogP contribution in [0.15, 0.2) is 17.2 Å². The lowest BCUT2D eigenvalue weighted by atomic mass is 10.2. The summed E-state index contributed by atoms with van der Waals surface area (Å²) in [4.78, 5) is 26.7. The highest BCUT2D eigenvalue weighted by Crippen LogP contribution is 2.15. The number of ether oxygens (including phenoxy) is 2. The first kappa shape index (κ1) is 14.2. The van der Waals surface area contributed by atoms with E-state index in [1.807, 2.05) is 12.3 Å². The van der Waals surface area contributed by atoms with Crippen LogP contribution in [-0.4, -0.2) is 31.1 Å². The van der Waals surface area contributed by atoms with Gasteiger partial charge in [-0.1, -0.05) is 0 Å². The summed E-state index contributed by atoms with van der Waals surface area (Å²) in [6.45, 7) is 1.86. The Bertz CT molecular complexity index is 467. The molecule has 0 aliphatic rings. The number of rotatable bonds is 5. The van der Waals surface area contributed by atoms with Gasteiger partial charge in [0.05, 0.1) is 31.9 Å². The number of esters is 2. The molecule has 1 aromatic heterocycles. The molecule has 0 saturated heterocycles. The lowest BCUT2D eigenvalue weighted by Crippen LogP contribution is -2.12. The molecule has 7 heteroatoms. The van der Waals surface area contributed by atoms with Crippen molar-refractivity contribution in [1.82, 2.24) is 4.98 Å². The SMILES string of the molecule is COC(=O)C/C(=C\Nc1nc(C)cs1)C(=O)OC. The lowest BCUT2D eigenvalue weighted by molar-refractivity contribution is -0.143. The second-order valence-corrected chi connectivity index (χ2v) is 4.21. The van der Waals surface area contributed by atoms with Crippen molar-refractivity contribution in [2.75, 3.05) is 19.5 Å². The van der Waals surface area contributed by atoms with Crippen LogP contribution in [0.4, 0.5) is 5.13 Å². The molecule has 0 aliphatic carbocycles. The van der Waals surface area contributed by atoms with Crippen LogP contribution >= 0.6 is 11.3 Å². The van der Waals surface area contributed by atoms with Crippen LogP contribution in [0.25, 0.3) is 0 Å². The highest BCUT2D eigenvalue weighted by atomic mass is 32.1. The number of aryl methyl sites for hydroxylation is 1. The van der Waals surface area contributed by atoms with E-state index < -0.39 is 11.9 Å². The Balaban J connectivity index is 2.75. The van der Waals surface area contributed by atoms with E-state index >= 15 is 0 Å². The largest absolute Gasteiger partial charge is 0.469 e. The first-order valence-electron chi connectivity index (χ1n) is 5.09. The maximum Gasteiger partial charge on any atom is 0.335 e. The second-order valence-electron chi connectivity index (χ2n) is 3.35. The van der Waals surface area contributed by atoms with Crippen molar-refractivity contribution in [3.63, 3.8) is 0 Å². The number of hydrogen-bond acceptors (Lipinski definition) is 7. The van der Waals surface area contributed by atoms with Crippen LogP contribution in [0.3, 0.4) is 0 Å². The number of nitrogens with zero attached hydrogens (tertiary/aromatic N) is 1. The molecule has 0 aromatic carbocycles. The summed E-state index contributed by atoms with van der Waals surface area (Å²) in [5, 5.41) is 5.35. The van der Waals surface area contributed by atoms with Gasteiger partial charge in [-0.3, -0.25) is 4.79 Å². The summed E-state index contributed by atoms with van der Waals surface area (Å²) < 4.78 is 9.08. The van der Waals surface area contributed by atoms with E-state index in [4.69, 9.17) is 0 Å². The molecule has 18 heavy (non-hydrogen) atoms. The Hall–Kier alpha value is -1.89. The summed E-state index contributed by atoms with van der Waals surface area (Å²) in [7, 11) is 2.51. The second kappa shape index (κ2) is 6.75. The number of anilines is 1. The quantitative estimate of drug-likeness (QED) is 0.645. The molecule has 0 radical (unpaired) electrons. The van der Waals surface area contributed by atoms with Gasteiger partial charge in [-0.05, 0) is 6.92 Å². The summed E-state index contributed by atoms with van der Waals surface area (Å²) in [6, 6.07) is 0. The van der Waals surface area contributed by atoms with Gasteiger partial charge in [-0.25, -0.2) is 9.78 Å². The number of thiazole rings is 1. The lowest BCUT2D eigenvalue weighted by Gasteiger charge is -2.04. The van der Waals surface area contributed by atoms with E-state index in [0.717, 1.165) is 5.69 Å². The Labute approximate surface area is 109 Å². The van der Waals surface area contributed by atoms with E-state index in [1.54, 1.807) is 0 Å². The van der Waals surface area contributed by atoms with Gasteiger partial charge >= 0.3 is 11.9 Å². The summed E-state index contributed by atoms with van der Waals surface area (Å²) >= 11 is 1.40. The average Bonchev–Trinajstić information content (AvgIpc) is 2.78. The minimum absolute atomic E-state index is 0.152. The third-order valence-electron chi connectivity index (χ3n) is 2.00. The zero-order chi connectivity index (χ0) is 13.5. The summed E-state index contributed by atoms with van der Waals surface area (Å²) in [6.07, 6.45) is 1.25. The number of nitrogens with one attached hydrogen (secondary N) is 1. The molecule has 0 amide bonds. The molecular weight excluding hydrogens is 256 g/mol. The average molecular weight is 270 g/mol. The molecule has 0 unspecified atom stereocenters. The molecular formula is C11H14N2O4S. The van der Waals surface area contributed by atoms with Crippen molar-refractivity contribution in [3.8, 4) is 0 Å². The zero-order valence-electron chi connectivity index (χ0n) is 10.4. The standard InChI is InChI=1S/C11H14N2O4S/c1-7-6-18-11(13-7)12-5-8(10(15)17-3)4-9(14)16-2/h5-6H,4H2,1-3H3,(H,12,13)/b8-5+. The number of carbonyl (C=O) groups is 2. The third-order valence-corrected chi connectivity index (χ3v) is 2.89. The van der Waals surface area contributed by atoms with Crippen LogP contribution in [0, 0.1) is 6.92 Å². The summed E-state index contributed by atoms with van der Waals surface area (Å²) in [5.41, 5.74) is 1.06. The monoisotopic (exact) mass is 270 g/mol. The topological polar surface area (TPSA) is 77.5 Å². The first-order valence-corrected chi connectivity index (χ1v) is 5.97. The van der Waals surface area contributed by atoms with Crippen LogP contribution < -0.4 is 5.32 Å². The van der Waals surface area contributed by atoms with E-state index in [1.165, 1.54) is 31.8 Å². The molecule has 0 bridgehead atoms. The van der Waals surface area contributed by atoms with Crippen molar-refractivity contribution >= 4 is 28.4 Å². The highest BCUT2D eigenvalue weighted by Gasteiger charge is 2.14. The normalized spacial score (nSPS) is 10.9. The summed E-state index contributed by atoms with van der Waals surface area (Å²) in [5.74, 6) is -1.09. The Morgan fingerprint density at radius 2 is 2.17 bits per heavy atom. The number of methoxy groups -OCH3 is 2. The van der Waals surface area contributed by atoms with E-state index in [2.05, 4.69) is 19.8 Å². The first-order chi connectivity index (χ1) is 8.56. The number of aromatic nitrogens is 1. The molecule has 0 saturated carbocycles. The van der Waals surface area contributed by atoms with Crippen molar-refractivity contribution in [2.24, 2.45) is 0 Å². The molecule has 1 rings (SSSR count). The van der Waals surface area contributed by atoms with Crippen LogP contribution in [0.5, 0.6) is 0 Å². The van der Waals surface area contributed by atoms with Crippen LogP contribution in [0.1, 0.15) is 12.1 Å². The maximum atomic E-state index is 11.4. The van der Waals surface area contributed by atoms with Gasteiger partial charge in [0.25, 0.3) is 0 Å². The predicted molar refractivity (Wildman–Crippen MR) is 67.2 cm³/mol. The number of carbonyl (C=O) groups excluding carboxylic acids is 2. The fourth-order valence-electron chi connectivity index (χ4n) is 1.11. The molecule has 0 atom stereocenters. The molecule has 1 heterocycles. The van der Waals surface area contributed by atoms with E-state index in [0.29, 0.717) is 5.13 Å². The third kappa shape index (κ3) is 4.17. The predicted octanol–water partition coefficient (Wildman–Crippen LogP) is 1.48. The van der Waals surface area contributed by atoms with Crippen molar-refractivity contribution in [3.05, 3.63) is 22.8 Å². The highest BCUT2D eigenvalue weighted by molar-refractivity contribution is 7.13. The van der Waals surface area contributed by atoms with Gasteiger partial charge in [0, 0.05) is 11.6 Å². The molecule has 1 N–H and O–H groups in total. The van der Waals surface area contributed by atoms with Gasteiger partial charge in [-0.15, -0.1) is 11.3 Å². The van der Waals surface area contributed by atoms with Gasteiger partial charge < -0.3 is 14.8 Å². The van der Waals surface area contributed by atoms with Crippen LogP contribution in [-0.2, 0) is 19.1 Å². The van der Waals surface area contributed by atoms with Crippen molar-refractivity contribution in [2.45, 2.75) is 13.3 Å². The van der Waals surface area contributed by atoms with Gasteiger partial charge in [-0.2, -0.15) is 0 Å². The fourth-order valence-corrected chi connectivity index (χ4v) is 1.77. The van der Waals surface area contributed by atoms with Crippen molar-refractivity contribution in [1.29, 1.82) is 0 Å². The fraction of sp³-hybridized carbons (Fsp3) is 0.364. The van der Waals surface area contributed by atoms with Crippen LogP contribution in [0.2, 0.25) is 0 Å². The molecule has 6 nitrogen and oxygen atoms in total. The Morgan fingerprint density at radius 3 is 2.67 bits per heavy atom. The minimum atomic E-state index is -0.582. The molecule has 0 spiro atoms. The minimum Gasteiger partial charge on any atom is -0.469 e. The smallest absolute Gasteiger partial charge is 0.335 e. The zero-order valence-corrected chi connectivity index (χ0v) is 11.2. The molecule has 0 aliphatic heterocycles. The van der Waals surface area contributed by atoms with Gasteiger partial charge in [0.15, 0.2) is 5.13 Å². The maximum absolute atomic E-state index is 11.4. The molecule has 98 valence electrons. The van der Waals surface area contributed by atoms with Gasteiger partial charge in [0.2, 0.25) is 0 Å². The Kier molecular flexibility index (Phi) is 5.31.